The fourth-order valence-electron chi connectivity index (χ4n) is 3.12. The van der Waals surface area contributed by atoms with E-state index >= 15 is 0 Å². The minimum atomic E-state index is -0.329. The van der Waals surface area contributed by atoms with Crippen molar-refractivity contribution in [2.24, 2.45) is 5.92 Å². The van der Waals surface area contributed by atoms with Gasteiger partial charge in [-0.2, -0.15) is 5.10 Å². The van der Waals surface area contributed by atoms with E-state index in [-0.39, 0.29) is 11.7 Å². The molecule has 0 saturated carbocycles. The standard InChI is InChI=1S/C18H23FN4O/c1-14-4-3-9-22(13-14)11-8-20-18(24)17-7-10-23(21-17)16-6-2-5-15(19)12-16/h2,5-7,10,12,14H,3-4,8-9,11,13H2,1H3,(H,20,24)/t14-/m1/s1. The molecule has 3 rings (SSSR count). The first kappa shape index (κ1) is 16.6. The van der Waals surface area contributed by atoms with Gasteiger partial charge in [0.05, 0.1) is 5.69 Å². The van der Waals surface area contributed by atoms with Crippen LogP contribution in [-0.2, 0) is 0 Å². The SMILES string of the molecule is C[C@@H]1CCCN(CCNC(=O)c2ccn(-c3cccc(F)c3)n2)C1. The van der Waals surface area contributed by atoms with Gasteiger partial charge in [0, 0.05) is 25.8 Å². The number of halogens is 1. The molecule has 0 aliphatic carbocycles. The summed E-state index contributed by atoms with van der Waals surface area (Å²) in [5.41, 5.74) is 0.933. The van der Waals surface area contributed by atoms with Gasteiger partial charge < -0.3 is 10.2 Å². The van der Waals surface area contributed by atoms with E-state index in [2.05, 4.69) is 22.2 Å². The van der Waals surface area contributed by atoms with Gasteiger partial charge in [-0.05, 0) is 49.6 Å². The summed E-state index contributed by atoms with van der Waals surface area (Å²) in [6.45, 7) is 5.95. The lowest BCUT2D eigenvalue weighted by Gasteiger charge is -2.30. The monoisotopic (exact) mass is 330 g/mol. The highest BCUT2D eigenvalue weighted by atomic mass is 19.1. The van der Waals surface area contributed by atoms with Crippen LogP contribution in [0.4, 0.5) is 4.39 Å². The summed E-state index contributed by atoms with van der Waals surface area (Å²) < 4.78 is 14.8. The van der Waals surface area contributed by atoms with E-state index in [4.69, 9.17) is 0 Å². The number of carbonyl (C=O) groups is 1. The summed E-state index contributed by atoms with van der Waals surface area (Å²) >= 11 is 0. The van der Waals surface area contributed by atoms with E-state index in [1.165, 1.54) is 29.7 Å². The second-order valence-electron chi connectivity index (χ2n) is 6.43. The lowest BCUT2D eigenvalue weighted by molar-refractivity contribution is 0.0938. The van der Waals surface area contributed by atoms with Crippen LogP contribution in [0.5, 0.6) is 0 Å². The third kappa shape index (κ3) is 4.20. The molecule has 1 saturated heterocycles. The Bertz CT molecular complexity index is 700. The topological polar surface area (TPSA) is 50.2 Å². The minimum Gasteiger partial charge on any atom is -0.349 e. The first-order chi connectivity index (χ1) is 11.6. The Balaban J connectivity index is 1.52. The van der Waals surface area contributed by atoms with Crippen LogP contribution in [0.15, 0.2) is 36.5 Å². The largest absolute Gasteiger partial charge is 0.349 e. The van der Waals surface area contributed by atoms with Gasteiger partial charge in [0.15, 0.2) is 5.69 Å². The molecular formula is C18H23FN4O. The van der Waals surface area contributed by atoms with Crippen molar-refractivity contribution in [3.8, 4) is 5.69 Å². The maximum absolute atomic E-state index is 13.3. The van der Waals surface area contributed by atoms with Gasteiger partial charge >= 0.3 is 0 Å². The van der Waals surface area contributed by atoms with Crippen LogP contribution in [0, 0.1) is 11.7 Å². The number of benzene rings is 1. The van der Waals surface area contributed by atoms with Crippen molar-refractivity contribution in [3.63, 3.8) is 0 Å². The fraction of sp³-hybridized carbons (Fsp3) is 0.444. The zero-order chi connectivity index (χ0) is 16.9. The summed E-state index contributed by atoms with van der Waals surface area (Å²) in [6, 6.07) is 7.76. The molecule has 5 nitrogen and oxygen atoms in total. The number of aromatic nitrogens is 2. The second-order valence-corrected chi connectivity index (χ2v) is 6.43. The minimum absolute atomic E-state index is 0.199. The quantitative estimate of drug-likeness (QED) is 0.916. The third-order valence-electron chi connectivity index (χ3n) is 4.35. The van der Waals surface area contributed by atoms with E-state index in [0.29, 0.717) is 17.9 Å². The molecule has 128 valence electrons. The van der Waals surface area contributed by atoms with Crippen molar-refractivity contribution < 1.29 is 9.18 Å². The van der Waals surface area contributed by atoms with Crippen LogP contribution in [0.1, 0.15) is 30.3 Å². The molecule has 1 amide bonds. The van der Waals surface area contributed by atoms with Crippen molar-refractivity contribution in [2.45, 2.75) is 19.8 Å². The highest BCUT2D eigenvalue weighted by Gasteiger charge is 2.16. The first-order valence-electron chi connectivity index (χ1n) is 8.44. The Kier molecular flexibility index (Phi) is 5.25. The third-order valence-corrected chi connectivity index (χ3v) is 4.35. The van der Waals surface area contributed by atoms with Crippen molar-refractivity contribution in [3.05, 3.63) is 48.0 Å². The predicted octanol–water partition coefficient (Wildman–Crippen LogP) is 2.47. The number of piperidine rings is 1. The van der Waals surface area contributed by atoms with Crippen LogP contribution < -0.4 is 5.32 Å². The zero-order valence-corrected chi connectivity index (χ0v) is 13.9. The maximum Gasteiger partial charge on any atom is 0.271 e. The van der Waals surface area contributed by atoms with Crippen LogP contribution in [-0.4, -0.2) is 46.8 Å². The van der Waals surface area contributed by atoms with E-state index in [9.17, 15) is 9.18 Å². The average molecular weight is 330 g/mol. The van der Waals surface area contributed by atoms with Crippen molar-refractivity contribution in [1.82, 2.24) is 20.0 Å². The molecule has 1 aromatic carbocycles. The molecule has 6 heteroatoms. The van der Waals surface area contributed by atoms with E-state index < -0.39 is 0 Å². The van der Waals surface area contributed by atoms with E-state index in [0.717, 1.165) is 25.6 Å². The fourth-order valence-corrected chi connectivity index (χ4v) is 3.12. The molecule has 2 heterocycles. The number of amides is 1. The molecule has 1 aliphatic rings. The molecule has 1 aromatic heterocycles. The number of hydrogen-bond donors (Lipinski definition) is 1. The van der Waals surface area contributed by atoms with Crippen LogP contribution in [0.2, 0.25) is 0 Å². The van der Waals surface area contributed by atoms with E-state index in [1.807, 2.05) is 0 Å². The van der Waals surface area contributed by atoms with E-state index in [1.54, 1.807) is 24.4 Å². The number of carbonyl (C=O) groups excluding carboxylic acids is 1. The number of likely N-dealkylation sites (tertiary alicyclic amines) is 1. The lowest BCUT2D eigenvalue weighted by Crippen LogP contribution is -2.40. The average Bonchev–Trinajstić information content (AvgIpc) is 3.05. The number of nitrogens with one attached hydrogen (secondary N) is 1. The highest BCUT2D eigenvalue weighted by Crippen LogP contribution is 2.14. The molecule has 1 atom stereocenters. The molecule has 1 fully saturated rings. The zero-order valence-electron chi connectivity index (χ0n) is 13.9. The first-order valence-corrected chi connectivity index (χ1v) is 8.44. The Labute approximate surface area is 141 Å². The molecule has 0 spiro atoms. The summed E-state index contributed by atoms with van der Waals surface area (Å²) in [5, 5.41) is 7.13. The number of hydrogen-bond acceptors (Lipinski definition) is 3. The number of rotatable bonds is 5. The van der Waals surface area contributed by atoms with Crippen LogP contribution >= 0.6 is 0 Å². The smallest absolute Gasteiger partial charge is 0.271 e. The van der Waals surface area contributed by atoms with Gasteiger partial charge in [-0.3, -0.25) is 4.79 Å². The Morgan fingerprint density at radius 3 is 3.08 bits per heavy atom. The molecule has 1 aliphatic heterocycles. The van der Waals surface area contributed by atoms with Crippen molar-refractivity contribution in [2.75, 3.05) is 26.2 Å². The molecular weight excluding hydrogens is 307 g/mol. The molecule has 1 N–H and O–H groups in total. The van der Waals surface area contributed by atoms with Crippen LogP contribution in [0.25, 0.3) is 5.69 Å². The Morgan fingerprint density at radius 1 is 1.42 bits per heavy atom. The molecule has 0 bridgehead atoms. The van der Waals surface area contributed by atoms with Gasteiger partial charge in [-0.15, -0.1) is 0 Å². The van der Waals surface area contributed by atoms with Gasteiger partial charge in [0.1, 0.15) is 5.82 Å². The Hall–Kier alpha value is -2.21. The summed E-state index contributed by atoms with van der Waals surface area (Å²) in [6.07, 6.45) is 4.18. The highest BCUT2D eigenvalue weighted by molar-refractivity contribution is 5.92. The lowest BCUT2D eigenvalue weighted by atomic mass is 10.0. The van der Waals surface area contributed by atoms with Crippen LogP contribution in [0.3, 0.4) is 0 Å². The van der Waals surface area contributed by atoms with Gasteiger partial charge in [0.2, 0.25) is 0 Å². The van der Waals surface area contributed by atoms with Gasteiger partial charge in [-0.25, -0.2) is 9.07 Å². The van der Waals surface area contributed by atoms with Gasteiger partial charge in [0.25, 0.3) is 5.91 Å². The summed E-state index contributed by atoms with van der Waals surface area (Å²) in [7, 11) is 0. The van der Waals surface area contributed by atoms with Gasteiger partial charge in [-0.1, -0.05) is 13.0 Å². The number of nitrogens with zero attached hydrogens (tertiary/aromatic N) is 3. The van der Waals surface area contributed by atoms with Crippen molar-refractivity contribution >= 4 is 5.91 Å². The molecule has 0 unspecified atom stereocenters. The van der Waals surface area contributed by atoms with Crippen molar-refractivity contribution in [1.29, 1.82) is 0 Å². The summed E-state index contributed by atoms with van der Waals surface area (Å²) in [4.78, 5) is 14.6. The second kappa shape index (κ2) is 7.57. The normalized spacial score (nSPS) is 18.5. The molecule has 24 heavy (non-hydrogen) atoms. The predicted molar refractivity (Wildman–Crippen MR) is 90.7 cm³/mol. The summed E-state index contributed by atoms with van der Waals surface area (Å²) in [5.74, 6) is 0.205. The maximum atomic E-state index is 13.3. The molecule has 0 radical (unpaired) electrons. The Morgan fingerprint density at radius 2 is 2.29 bits per heavy atom. The molecule has 2 aromatic rings.